The molecule has 0 bridgehead atoms. The maximum atomic E-state index is 12.4. The Kier molecular flexibility index (Phi) is 6.87. The predicted molar refractivity (Wildman–Crippen MR) is 112 cm³/mol. The Morgan fingerprint density at radius 2 is 1.62 bits per heavy atom. The topological polar surface area (TPSA) is 64.6 Å². The Morgan fingerprint density at radius 1 is 0.931 bits per heavy atom. The Morgan fingerprint density at radius 3 is 2.38 bits per heavy atom. The van der Waals surface area contributed by atoms with Crippen LogP contribution in [0, 0.1) is 6.92 Å². The minimum atomic E-state index is -0.628. The van der Waals surface area contributed by atoms with Crippen molar-refractivity contribution in [2.45, 2.75) is 13.5 Å². The number of esters is 1. The highest BCUT2D eigenvalue weighted by Gasteiger charge is 2.16. The second-order valence-corrected chi connectivity index (χ2v) is 6.79. The number of carbonyl (C=O) groups excluding carboxylic acids is 2. The molecule has 0 aliphatic heterocycles. The summed E-state index contributed by atoms with van der Waals surface area (Å²) in [4.78, 5) is 24.5. The second-order valence-electron chi connectivity index (χ2n) is 6.35. The van der Waals surface area contributed by atoms with Gasteiger partial charge in [0.2, 0.25) is 0 Å². The third-order valence-corrected chi connectivity index (χ3v) is 4.42. The molecule has 148 valence electrons. The molecule has 6 heteroatoms. The number of nitrogens with one attached hydrogen (secondary N) is 1. The third kappa shape index (κ3) is 5.83. The monoisotopic (exact) mass is 409 g/mol. The summed E-state index contributed by atoms with van der Waals surface area (Å²) in [5.41, 5.74) is 2.77. The van der Waals surface area contributed by atoms with E-state index in [2.05, 4.69) is 5.32 Å². The fourth-order valence-electron chi connectivity index (χ4n) is 2.61. The summed E-state index contributed by atoms with van der Waals surface area (Å²) in [6, 6.07) is 21.4. The number of aryl methyl sites for hydroxylation is 1. The molecule has 0 aromatic heterocycles. The van der Waals surface area contributed by atoms with Crippen molar-refractivity contribution in [3.8, 4) is 5.75 Å². The largest absolute Gasteiger partial charge is 0.488 e. The van der Waals surface area contributed by atoms with Crippen LogP contribution in [0.2, 0.25) is 5.02 Å². The van der Waals surface area contributed by atoms with Gasteiger partial charge >= 0.3 is 5.97 Å². The minimum Gasteiger partial charge on any atom is -0.488 e. The summed E-state index contributed by atoms with van der Waals surface area (Å²) in [5.74, 6) is -0.657. The fourth-order valence-corrected chi connectivity index (χ4v) is 2.74. The number of para-hydroxylation sites is 2. The first kappa shape index (κ1) is 20.4. The molecule has 0 saturated carbocycles. The molecular formula is C23H20ClNO4. The van der Waals surface area contributed by atoms with Crippen LogP contribution >= 0.6 is 11.6 Å². The Hall–Kier alpha value is -3.31. The number of benzene rings is 3. The Bertz CT molecular complexity index is 1000. The van der Waals surface area contributed by atoms with Crippen LogP contribution in [0.25, 0.3) is 0 Å². The molecular weight excluding hydrogens is 390 g/mol. The number of carbonyl (C=O) groups is 2. The van der Waals surface area contributed by atoms with Gasteiger partial charge in [0.15, 0.2) is 6.61 Å². The van der Waals surface area contributed by atoms with Crippen LogP contribution < -0.4 is 10.1 Å². The van der Waals surface area contributed by atoms with Gasteiger partial charge in [-0.2, -0.15) is 0 Å². The molecule has 0 fully saturated rings. The van der Waals surface area contributed by atoms with Crippen molar-refractivity contribution in [2.75, 3.05) is 11.9 Å². The van der Waals surface area contributed by atoms with E-state index in [0.717, 1.165) is 11.1 Å². The molecule has 0 spiro atoms. The van der Waals surface area contributed by atoms with E-state index >= 15 is 0 Å². The number of halogens is 1. The van der Waals surface area contributed by atoms with Gasteiger partial charge in [0.05, 0.1) is 0 Å². The molecule has 0 heterocycles. The SMILES string of the molecule is Cc1ccccc1NC(=O)COC(=O)c1ccccc1OCc1ccc(Cl)cc1. The van der Waals surface area contributed by atoms with Gasteiger partial charge in [0.1, 0.15) is 17.9 Å². The van der Waals surface area contributed by atoms with Gasteiger partial charge in [-0.25, -0.2) is 4.79 Å². The highest BCUT2D eigenvalue weighted by Crippen LogP contribution is 2.21. The molecule has 0 radical (unpaired) electrons. The van der Waals surface area contributed by atoms with Crippen LogP contribution in [0.5, 0.6) is 5.75 Å². The van der Waals surface area contributed by atoms with Gasteiger partial charge < -0.3 is 14.8 Å². The van der Waals surface area contributed by atoms with Crippen molar-refractivity contribution in [3.05, 3.63) is 94.5 Å². The first-order valence-corrected chi connectivity index (χ1v) is 9.39. The molecule has 1 amide bonds. The molecule has 0 aliphatic carbocycles. The van der Waals surface area contributed by atoms with E-state index in [1.807, 2.05) is 37.3 Å². The van der Waals surface area contributed by atoms with Crippen LogP contribution in [0.3, 0.4) is 0 Å². The molecule has 29 heavy (non-hydrogen) atoms. The molecule has 3 rings (SSSR count). The maximum absolute atomic E-state index is 12.4. The summed E-state index contributed by atoms with van der Waals surface area (Å²) in [5, 5.41) is 3.37. The van der Waals surface area contributed by atoms with Gasteiger partial charge in [-0.3, -0.25) is 4.79 Å². The lowest BCUT2D eigenvalue weighted by atomic mass is 10.2. The average molecular weight is 410 g/mol. The summed E-state index contributed by atoms with van der Waals surface area (Å²) in [7, 11) is 0. The van der Waals surface area contributed by atoms with Gasteiger partial charge in [-0.15, -0.1) is 0 Å². The standard InChI is InChI=1S/C23H20ClNO4/c1-16-6-2-4-8-20(16)25-22(26)15-29-23(27)19-7-3-5-9-21(19)28-14-17-10-12-18(24)13-11-17/h2-13H,14-15H2,1H3,(H,25,26). The number of rotatable bonds is 7. The van der Waals surface area contributed by atoms with Gasteiger partial charge in [-0.1, -0.05) is 54.1 Å². The quantitative estimate of drug-likeness (QED) is 0.556. The molecule has 0 atom stereocenters. The zero-order valence-corrected chi connectivity index (χ0v) is 16.6. The summed E-state index contributed by atoms with van der Waals surface area (Å²) >= 11 is 5.88. The summed E-state index contributed by atoms with van der Waals surface area (Å²) in [6.07, 6.45) is 0. The molecule has 0 aliphatic rings. The van der Waals surface area contributed by atoms with E-state index in [1.54, 1.807) is 42.5 Å². The van der Waals surface area contributed by atoms with Crippen molar-refractivity contribution < 1.29 is 19.1 Å². The zero-order chi connectivity index (χ0) is 20.6. The van der Waals surface area contributed by atoms with Crippen molar-refractivity contribution in [3.63, 3.8) is 0 Å². The summed E-state index contributed by atoms with van der Waals surface area (Å²) in [6.45, 7) is 1.77. The van der Waals surface area contributed by atoms with Gasteiger partial charge in [0.25, 0.3) is 5.91 Å². The molecule has 5 nitrogen and oxygen atoms in total. The van der Waals surface area contributed by atoms with E-state index < -0.39 is 18.5 Å². The normalized spacial score (nSPS) is 10.3. The van der Waals surface area contributed by atoms with Crippen molar-refractivity contribution >= 4 is 29.2 Å². The van der Waals surface area contributed by atoms with E-state index in [9.17, 15) is 9.59 Å². The maximum Gasteiger partial charge on any atom is 0.342 e. The van der Waals surface area contributed by atoms with E-state index in [0.29, 0.717) is 16.5 Å². The van der Waals surface area contributed by atoms with Crippen molar-refractivity contribution in [1.82, 2.24) is 0 Å². The van der Waals surface area contributed by atoms with Crippen LogP contribution in [0.1, 0.15) is 21.5 Å². The average Bonchev–Trinajstić information content (AvgIpc) is 2.73. The molecule has 0 saturated heterocycles. The predicted octanol–water partition coefficient (Wildman–Crippen LogP) is 5.02. The van der Waals surface area contributed by atoms with Crippen molar-refractivity contribution in [1.29, 1.82) is 0 Å². The zero-order valence-electron chi connectivity index (χ0n) is 15.9. The van der Waals surface area contributed by atoms with Crippen LogP contribution in [0.15, 0.2) is 72.8 Å². The number of amides is 1. The molecule has 3 aromatic rings. The molecule has 0 unspecified atom stereocenters. The smallest absolute Gasteiger partial charge is 0.342 e. The van der Waals surface area contributed by atoms with E-state index in [1.165, 1.54) is 0 Å². The van der Waals surface area contributed by atoms with Gasteiger partial charge in [-0.05, 0) is 48.4 Å². The first-order valence-electron chi connectivity index (χ1n) is 9.02. The van der Waals surface area contributed by atoms with Crippen LogP contribution in [-0.4, -0.2) is 18.5 Å². The van der Waals surface area contributed by atoms with Crippen LogP contribution in [-0.2, 0) is 16.1 Å². The lowest BCUT2D eigenvalue weighted by Gasteiger charge is -2.12. The van der Waals surface area contributed by atoms with Crippen molar-refractivity contribution in [2.24, 2.45) is 0 Å². The van der Waals surface area contributed by atoms with E-state index in [4.69, 9.17) is 21.1 Å². The third-order valence-electron chi connectivity index (χ3n) is 4.17. The summed E-state index contributed by atoms with van der Waals surface area (Å²) < 4.78 is 10.9. The lowest BCUT2D eigenvalue weighted by Crippen LogP contribution is -2.21. The fraction of sp³-hybridized carbons (Fsp3) is 0.130. The number of hydrogen-bond acceptors (Lipinski definition) is 4. The second kappa shape index (κ2) is 9.75. The molecule has 3 aromatic carbocycles. The lowest BCUT2D eigenvalue weighted by molar-refractivity contribution is -0.119. The van der Waals surface area contributed by atoms with Gasteiger partial charge in [0, 0.05) is 10.7 Å². The highest BCUT2D eigenvalue weighted by molar-refractivity contribution is 6.30. The minimum absolute atomic E-state index is 0.255. The first-order chi connectivity index (χ1) is 14.0. The molecule has 1 N–H and O–H groups in total. The van der Waals surface area contributed by atoms with E-state index in [-0.39, 0.29) is 12.2 Å². The Balaban J connectivity index is 1.58. The highest BCUT2D eigenvalue weighted by atomic mass is 35.5. The number of ether oxygens (including phenoxy) is 2. The van der Waals surface area contributed by atoms with Crippen LogP contribution in [0.4, 0.5) is 5.69 Å². The Labute approximate surface area is 174 Å². The number of hydrogen-bond donors (Lipinski definition) is 1. The number of anilines is 1.